The van der Waals surface area contributed by atoms with Gasteiger partial charge in [0.2, 0.25) is 0 Å². The van der Waals surface area contributed by atoms with Crippen molar-refractivity contribution in [2.45, 2.75) is 32.2 Å². The van der Waals surface area contributed by atoms with E-state index in [1.165, 1.54) is 0 Å². The first-order valence-electron chi connectivity index (χ1n) is 5.76. The fourth-order valence-corrected chi connectivity index (χ4v) is 1.98. The van der Waals surface area contributed by atoms with E-state index >= 15 is 0 Å². The second-order valence-corrected chi connectivity index (χ2v) is 4.39. The number of urea groups is 1. The maximum atomic E-state index is 11.8. The molecular weight excluding hydrogens is 220 g/mol. The van der Waals surface area contributed by atoms with Crippen molar-refractivity contribution in [2.75, 3.05) is 13.1 Å². The molecule has 2 unspecified atom stereocenters. The highest BCUT2D eigenvalue weighted by Crippen LogP contribution is 2.19. The van der Waals surface area contributed by atoms with Crippen molar-refractivity contribution >= 4 is 12.0 Å². The predicted octanol–water partition coefficient (Wildman–Crippen LogP) is 0.904. The summed E-state index contributed by atoms with van der Waals surface area (Å²) >= 11 is 0. The Morgan fingerprint density at radius 2 is 2.35 bits per heavy atom. The summed E-state index contributed by atoms with van der Waals surface area (Å²) in [6.07, 6.45) is 7.01. The van der Waals surface area contributed by atoms with E-state index in [0.29, 0.717) is 13.1 Å². The minimum absolute atomic E-state index is 0.0492. The number of aliphatic carboxylic acids is 1. The van der Waals surface area contributed by atoms with Gasteiger partial charge in [0.05, 0.1) is 6.04 Å². The van der Waals surface area contributed by atoms with E-state index < -0.39 is 5.97 Å². The highest BCUT2D eigenvalue weighted by Gasteiger charge is 2.25. The molecule has 5 heteroatoms. The van der Waals surface area contributed by atoms with Gasteiger partial charge in [-0.05, 0) is 25.7 Å². The number of carbonyl (C=O) groups excluding carboxylic acids is 1. The molecule has 5 nitrogen and oxygen atoms in total. The van der Waals surface area contributed by atoms with E-state index in [4.69, 9.17) is 11.5 Å². The number of nitrogens with one attached hydrogen (secondary N) is 1. The van der Waals surface area contributed by atoms with Crippen molar-refractivity contribution in [3.8, 4) is 12.3 Å². The summed E-state index contributed by atoms with van der Waals surface area (Å²) in [5.74, 6) is 1.66. The zero-order chi connectivity index (χ0) is 12.8. The molecule has 0 aliphatic carbocycles. The molecule has 0 bridgehead atoms. The number of hydrogen-bond acceptors (Lipinski definition) is 2. The summed E-state index contributed by atoms with van der Waals surface area (Å²) in [6.45, 7) is 2.89. The van der Waals surface area contributed by atoms with Crippen molar-refractivity contribution in [2.24, 2.45) is 5.92 Å². The first kappa shape index (κ1) is 13.4. The molecule has 0 aromatic carbocycles. The molecule has 1 rings (SSSR count). The van der Waals surface area contributed by atoms with Crippen molar-refractivity contribution < 1.29 is 14.7 Å². The van der Waals surface area contributed by atoms with Crippen molar-refractivity contribution in [1.82, 2.24) is 10.2 Å². The molecule has 0 aromatic rings. The SMILES string of the molecule is C#CC(C)NC(=O)N1CCCC(CC(=O)O)C1. The zero-order valence-electron chi connectivity index (χ0n) is 9.98. The fraction of sp³-hybridized carbons (Fsp3) is 0.667. The van der Waals surface area contributed by atoms with E-state index in [2.05, 4.69) is 11.2 Å². The summed E-state index contributed by atoms with van der Waals surface area (Å²) in [6, 6.07) is -0.507. The van der Waals surface area contributed by atoms with E-state index in [9.17, 15) is 9.59 Å². The molecule has 1 heterocycles. The van der Waals surface area contributed by atoms with Crippen LogP contribution in [0.1, 0.15) is 26.2 Å². The summed E-state index contributed by atoms with van der Waals surface area (Å²) in [4.78, 5) is 24.0. The van der Waals surface area contributed by atoms with Crippen LogP contribution >= 0.6 is 0 Å². The predicted molar refractivity (Wildman–Crippen MR) is 63.4 cm³/mol. The Balaban J connectivity index is 2.46. The lowest BCUT2D eigenvalue weighted by Gasteiger charge is -2.32. The Morgan fingerprint density at radius 1 is 1.65 bits per heavy atom. The monoisotopic (exact) mass is 238 g/mol. The van der Waals surface area contributed by atoms with Gasteiger partial charge in [-0.3, -0.25) is 4.79 Å². The van der Waals surface area contributed by atoms with Crippen LogP contribution in [0.4, 0.5) is 4.79 Å². The highest BCUT2D eigenvalue weighted by molar-refractivity contribution is 5.75. The van der Waals surface area contributed by atoms with Gasteiger partial charge < -0.3 is 15.3 Å². The molecule has 17 heavy (non-hydrogen) atoms. The zero-order valence-corrected chi connectivity index (χ0v) is 9.98. The summed E-state index contributed by atoms with van der Waals surface area (Å²) in [7, 11) is 0. The quantitative estimate of drug-likeness (QED) is 0.718. The molecule has 0 radical (unpaired) electrons. The van der Waals surface area contributed by atoms with Crippen LogP contribution < -0.4 is 5.32 Å². The number of likely N-dealkylation sites (tertiary alicyclic amines) is 1. The van der Waals surface area contributed by atoms with Gasteiger partial charge in [0.25, 0.3) is 0 Å². The number of rotatable bonds is 3. The first-order valence-corrected chi connectivity index (χ1v) is 5.76. The van der Waals surface area contributed by atoms with Crippen LogP contribution in [0.3, 0.4) is 0 Å². The average molecular weight is 238 g/mol. The van der Waals surface area contributed by atoms with Crippen LogP contribution in [-0.2, 0) is 4.79 Å². The molecule has 94 valence electrons. The van der Waals surface area contributed by atoms with Gasteiger partial charge in [-0.2, -0.15) is 0 Å². The Hall–Kier alpha value is -1.70. The molecule has 0 aromatic heterocycles. The molecule has 1 aliphatic rings. The Bertz CT molecular complexity index is 335. The van der Waals surface area contributed by atoms with Crippen molar-refractivity contribution in [1.29, 1.82) is 0 Å². The van der Waals surface area contributed by atoms with E-state index in [-0.39, 0.29) is 24.4 Å². The lowest BCUT2D eigenvalue weighted by molar-refractivity contribution is -0.138. The van der Waals surface area contributed by atoms with Gasteiger partial charge in [0.1, 0.15) is 0 Å². The minimum Gasteiger partial charge on any atom is -0.481 e. The molecule has 2 amide bonds. The third kappa shape index (κ3) is 4.35. The van der Waals surface area contributed by atoms with Crippen LogP contribution in [0.25, 0.3) is 0 Å². The molecule has 0 saturated carbocycles. The summed E-state index contributed by atoms with van der Waals surface area (Å²) in [5, 5.41) is 11.4. The molecular formula is C12H18N2O3. The van der Waals surface area contributed by atoms with Crippen LogP contribution in [0.5, 0.6) is 0 Å². The van der Waals surface area contributed by atoms with Crippen LogP contribution in [0.2, 0.25) is 0 Å². The van der Waals surface area contributed by atoms with Crippen molar-refractivity contribution in [3.63, 3.8) is 0 Å². The number of hydrogen-bond donors (Lipinski definition) is 2. The van der Waals surface area contributed by atoms with E-state index in [1.807, 2.05) is 0 Å². The number of carboxylic acid groups (broad SMARTS) is 1. The standard InChI is InChI=1S/C12H18N2O3/c1-3-9(2)13-12(17)14-6-4-5-10(8-14)7-11(15)16/h1,9-10H,4-8H2,2H3,(H,13,17)(H,15,16). The van der Waals surface area contributed by atoms with Crippen LogP contribution in [0.15, 0.2) is 0 Å². The summed E-state index contributed by atoms with van der Waals surface area (Å²) < 4.78 is 0. The third-order valence-electron chi connectivity index (χ3n) is 2.86. The van der Waals surface area contributed by atoms with Gasteiger partial charge in [0.15, 0.2) is 0 Å². The number of nitrogens with zero attached hydrogens (tertiary/aromatic N) is 1. The number of piperidine rings is 1. The number of amides is 2. The largest absolute Gasteiger partial charge is 0.481 e. The highest BCUT2D eigenvalue weighted by atomic mass is 16.4. The number of carboxylic acids is 1. The molecule has 1 aliphatic heterocycles. The maximum absolute atomic E-state index is 11.8. The minimum atomic E-state index is -0.811. The number of terminal acetylenes is 1. The van der Waals surface area contributed by atoms with Gasteiger partial charge in [-0.25, -0.2) is 4.79 Å². The average Bonchev–Trinajstić information content (AvgIpc) is 2.28. The maximum Gasteiger partial charge on any atom is 0.318 e. The topological polar surface area (TPSA) is 69.6 Å². The number of carbonyl (C=O) groups is 2. The smallest absolute Gasteiger partial charge is 0.318 e. The lowest BCUT2D eigenvalue weighted by Crippen LogP contribution is -2.48. The second kappa shape index (κ2) is 6.14. The fourth-order valence-electron chi connectivity index (χ4n) is 1.98. The molecule has 0 spiro atoms. The van der Waals surface area contributed by atoms with Crippen LogP contribution in [0, 0.1) is 18.3 Å². The second-order valence-electron chi connectivity index (χ2n) is 4.39. The van der Waals surface area contributed by atoms with Gasteiger partial charge in [-0.15, -0.1) is 6.42 Å². The molecule has 1 fully saturated rings. The van der Waals surface area contributed by atoms with Gasteiger partial charge in [0, 0.05) is 19.5 Å². The van der Waals surface area contributed by atoms with Gasteiger partial charge >= 0.3 is 12.0 Å². The summed E-state index contributed by atoms with van der Waals surface area (Å²) in [5.41, 5.74) is 0. The first-order chi connectivity index (χ1) is 8.02. The van der Waals surface area contributed by atoms with Crippen molar-refractivity contribution in [3.05, 3.63) is 0 Å². The van der Waals surface area contributed by atoms with E-state index in [1.54, 1.807) is 11.8 Å². The Morgan fingerprint density at radius 3 is 2.94 bits per heavy atom. The van der Waals surface area contributed by atoms with E-state index in [0.717, 1.165) is 12.8 Å². The van der Waals surface area contributed by atoms with Gasteiger partial charge in [-0.1, -0.05) is 5.92 Å². The van der Waals surface area contributed by atoms with Crippen LogP contribution in [-0.4, -0.2) is 41.1 Å². The molecule has 2 atom stereocenters. The lowest BCUT2D eigenvalue weighted by atomic mass is 9.95. The normalized spacial score (nSPS) is 21.4. The molecule has 2 N–H and O–H groups in total. The Kier molecular flexibility index (Phi) is 4.83. The molecule has 1 saturated heterocycles. The Labute approximate surface area is 101 Å². The third-order valence-corrected chi connectivity index (χ3v) is 2.86.